The summed E-state index contributed by atoms with van der Waals surface area (Å²) in [6.45, 7) is 2.54. The predicted molar refractivity (Wildman–Crippen MR) is 127 cm³/mol. The predicted octanol–water partition coefficient (Wildman–Crippen LogP) is 3.09. The molecule has 2 aliphatic heterocycles. The van der Waals surface area contributed by atoms with Gasteiger partial charge in [-0.3, -0.25) is 14.5 Å². The van der Waals surface area contributed by atoms with E-state index in [0.717, 1.165) is 5.69 Å². The molecule has 1 amide bonds. The molecule has 4 atom stereocenters. The Morgan fingerprint density at radius 3 is 2.51 bits per heavy atom. The molecule has 1 aromatic heterocycles. The molecule has 0 aliphatic carbocycles. The molecule has 2 N–H and O–H groups in total. The number of carbonyl (C=O) groups excluding carboxylic acids is 1. The molecule has 0 unspecified atom stereocenters. The Kier molecular flexibility index (Phi) is 6.25. The largest absolute Gasteiger partial charge is 0.396 e. The molecule has 8 heteroatoms. The number of fused-ring (bicyclic) bond motifs is 3. The smallest absolute Gasteiger partial charge is 0.258 e. The first kappa shape index (κ1) is 23.4. The van der Waals surface area contributed by atoms with Gasteiger partial charge in [0.15, 0.2) is 0 Å². The lowest BCUT2D eigenvalue weighted by atomic mass is 9.88. The molecule has 1 saturated heterocycles. The van der Waals surface area contributed by atoms with Crippen molar-refractivity contribution < 1.29 is 18.7 Å². The average molecular weight is 480 g/mol. The molecule has 182 valence electrons. The van der Waals surface area contributed by atoms with Gasteiger partial charge in [-0.15, -0.1) is 0 Å². The van der Waals surface area contributed by atoms with Gasteiger partial charge in [-0.05, 0) is 42.8 Å². The topological polar surface area (TPSA) is 74.6 Å². The van der Waals surface area contributed by atoms with E-state index in [4.69, 9.17) is 0 Å². The molecule has 2 aliphatic rings. The third-order valence-electron chi connectivity index (χ3n) is 7.28. The quantitative estimate of drug-likeness (QED) is 0.570. The van der Waals surface area contributed by atoms with Crippen molar-refractivity contribution in [3.05, 3.63) is 93.9 Å². The summed E-state index contributed by atoms with van der Waals surface area (Å²) in [5.41, 5.74) is 2.04. The molecule has 1 fully saturated rings. The number of hydrogen-bond acceptors (Lipinski definition) is 4. The fraction of sp³-hybridized carbons (Fsp3) is 0.333. The van der Waals surface area contributed by atoms with Crippen LogP contribution in [0.25, 0.3) is 11.1 Å². The van der Waals surface area contributed by atoms with Gasteiger partial charge in [0.1, 0.15) is 11.6 Å². The number of likely N-dealkylation sites (N-methyl/N-ethyl adjacent to an activating group) is 1. The summed E-state index contributed by atoms with van der Waals surface area (Å²) >= 11 is 0. The van der Waals surface area contributed by atoms with Crippen LogP contribution in [0.2, 0.25) is 0 Å². The van der Waals surface area contributed by atoms with Crippen LogP contribution in [-0.2, 0) is 17.9 Å². The summed E-state index contributed by atoms with van der Waals surface area (Å²) in [4.78, 5) is 28.5. The normalized spacial score (nSPS) is 23.2. The number of aliphatic hydroxyl groups is 1. The number of aliphatic hydroxyl groups excluding tert-OH is 1. The minimum absolute atomic E-state index is 0.167. The summed E-state index contributed by atoms with van der Waals surface area (Å²) in [5.74, 6) is -1.58. The SMILES string of the molecule is CCNC(=O)[C@@H]1[C@@H](CO)[C@@H]2Cn3c(ccc(-c4ccc(F)cc4)c3=O)[C@@H]2N1Cc1ccccc1F. The van der Waals surface area contributed by atoms with Crippen LogP contribution in [0.1, 0.15) is 24.2 Å². The van der Waals surface area contributed by atoms with Crippen molar-refractivity contribution in [2.75, 3.05) is 13.2 Å². The number of benzene rings is 2. The van der Waals surface area contributed by atoms with E-state index in [1.54, 1.807) is 41.0 Å². The number of carbonyl (C=O) groups is 1. The molecular formula is C27H27F2N3O3. The Bertz CT molecular complexity index is 1310. The van der Waals surface area contributed by atoms with Gasteiger partial charge < -0.3 is 15.0 Å². The Morgan fingerprint density at radius 1 is 1.09 bits per heavy atom. The molecule has 3 heterocycles. The van der Waals surface area contributed by atoms with Crippen molar-refractivity contribution in [1.29, 1.82) is 0 Å². The van der Waals surface area contributed by atoms with Gasteiger partial charge in [0.05, 0.1) is 12.1 Å². The van der Waals surface area contributed by atoms with Gasteiger partial charge in [0.2, 0.25) is 5.91 Å². The van der Waals surface area contributed by atoms with Crippen LogP contribution >= 0.6 is 0 Å². The molecule has 0 radical (unpaired) electrons. The minimum Gasteiger partial charge on any atom is -0.396 e. The zero-order valence-corrected chi connectivity index (χ0v) is 19.3. The van der Waals surface area contributed by atoms with E-state index in [-0.39, 0.29) is 48.2 Å². The van der Waals surface area contributed by atoms with E-state index in [9.17, 15) is 23.5 Å². The maximum Gasteiger partial charge on any atom is 0.258 e. The summed E-state index contributed by atoms with van der Waals surface area (Å²) in [5, 5.41) is 13.2. The second-order valence-corrected chi connectivity index (χ2v) is 9.15. The van der Waals surface area contributed by atoms with E-state index >= 15 is 0 Å². The molecule has 0 saturated carbocycles. The monoisotopic (exact) mass is 479 g/mol. The van der Waals surface area contributed by atoms with E-state index < -0.39 is 12.0 Å². The first-order valence-electron chi connectivity index (χ1n) is 11.8. The van der Waals surface area contributed by atoms with E-state index in [0.29, 0.717) is 29.8 Å². The molecule has 0 spiro atoms. The Hall–Kier alpha value is -3.36. The van der Waals surface area contributed by atoms with E-state index in [1.165, 1.54) is 18.2 Å². The third kappa shape index (κ3) is 3.96. The second-order valence-electron chi connectivity index (χ2n) is 9.15. The second kappa shape index (κ2) is 9.36. The lowest BCUT2D eigenvalue weighted by Gasteiger charge is -2.31. The Labute approximate surface area is 201 Å². The third-order valence-corrected chi connectivity index (χ3v) is 7.28. The first-order valence-corrected chi connectivity index (χ1v) is 11.8. The highest BCUT2D eigenvalue weighted by Crippen LogP contribution is 2.50. The molecule has 0 bridgehead atoms. The number of rotatable bonds is 6. The van der Waals surface area contributed by atoms with Crippen molar-refractivity contribution in [3.8, 4) is 11.1 Å². The lowest BCUT2D eigenvalue weighted by molar-refractivity contribution is -0.127. The number of amides is 1. The number of pyridine rings is 1. The maximum absolute atomic E-state index is 14.6. The van der Waals surface area contributed by atoms with Crippen LogP contribution in [0.3, 0.4) is 0 Å². The zero-order chi connectivity index (χ0) is 24.7. The number of hydrogen-bond donors (Lipinski definition) is 2. The maximum atomic E-state index is 14.6. The highest BCUT2D eigenvalue weighted by atomic mass is 19.1. The van der Waals surface area contributed by atoms with Crippen LogP contribution in [0.5, 0.6) is 0 Å². The van der Waals surface area contributed by atoms with E-state index in [2.05, 4.69) is 5.32 Å². The van der Waals surface area contributed by atoms with Gasteiger partial charge in [-0.2, -0.15) is 0 Å². The summed E-state index contributed by atoms with van der Waals surface area (Å²) in [6, 6.07) is 14.8. The van der Waals surface area contributed by atoms with Crippen LogP contribution in [0.15, 0.2) is 65.5 Å². The van der Waals surface area contributed by atoms with Crippen LogP contribution in [-0.4, -0.2) is 39.7 Å². The van der Waals surface area contributed by atoms with E-state index in [1.807, 2.05) is 17.9 Å². The van der Waals surface area contributed by atoms with Crippen molar-refractivity contribution >= 4 is 5.91 Å². The average Bonchev–Trinajstić information content (AvgIpc) is 3.37. The minimum atomic E-state index is -0.657. The Balaban J connectivity index is 1.59. The van der Waals surface area contributed by atoms with Gasteiger partial charge in [-0.1, -0.05) is 30.3 Å². The first-order chi connectivity index (χ1) is 16.9. The van der Waals surface area contributed by atoms with Crippen molar-refractivity contribution in [2.24, 2.45) is 11.8 Å². The zero-order valence-electron chi connectivity index (χ0n) is 19.3. The fourth-order valence-electron chi connectivity index (χ4n) is 5.74. The number of nitrogens with zero attached hydrogens (tertiary/aromatic N) is 2. The molecular weight excluding hydrogens is 452 g/mol. The molecule has 3 aromatic rings. The number of aromatic nitrogens is 1. The Morgan fingerprint density at radius 2 is 1.83 bits per heavy atom. The van der Waals surface area contributed by atoms with Gasteiger partial charge in [0.25, 0.3) is 5.56 Å². The van der Waals surface area contributed by atoms with Crippen molar-refractivity contribution in [2.45, 2.75) is 32.1 Å². The lowest BCUT2D eigenvalue weighted by Crippen LogP contribution is -2.48. The van der Waals surface area contributed by atoms with Crippen molar-refractivity contribution in [1.82, 2.24) is 14.8 Å². The molecule has 35 heavy (non-hydrogen) atoms. The summed E-state index contributed by atoms with van der Waals surface area (Å²) < 4.78 is 29.7. The fourth-order valence-corrected chi connectivity index (χ4v) is 5.74. The number of nitrogens with one attached hydrogen (secondary N) is 1. The van der Waals surface area contributed by atoms with Gasteiger partial charge in [-0.25, -0.2) is 8.78 Å². The molecule has 6 nitrogen and oxygen atoms in total. The standard InChI is InChI=1S/C27H27F2N3O3/c1-2-30-26(34)25-21(15-33)20-14-31-23(24(20)32(25)13-17-5-3-4-6-22(17)29)12-11-19(27(31)35)16-7-9-18(28)10-8-16/h3-12,20-21,24-25,33H,2,13-15H2,1H3,(H,30,34)/t20-,21-,24+,25-/m0/s1. The van der Waals surface area contributed by atoms with Crippen LogP contribution in [0.4, 0.5) is 8.78 Å². The summed E-state index contributed by atoms with van der Waals surface area (Å²) in [6.07, 6.45) is 0. The number of halogens is 2. The highest BCUT2D eigenvalue weighted by molar-refractivity contribution is 5.82. The highest BCUT2D eigenvalue weighted by Gasteiger charge is 2.55. The summed E-state index contributed by atoms with van der Waals surface area (Å²) in [7, 11) is 0. The van der Waals surface area contributed by atoms with Crippen molar-refractivity contribution in [3.63, 3.8) is 0 Å². The number of likely N-dealkylation sites (tertiary alicyclic amines) is 1. The van der Waals surface area contributed by atoms with Gasteiger partial charge in [0, 0.05) is 54.9 Å². The van der Waals surface area contributed by atoms with Gasteiger partial charge >= 0.3 is 0 Å². The molecule has 5 rings (SSSR count). The van der Waals surface area contributed by atoms with Crippen LogP contribution < -0.4 is 10.9 Å². The van der Waals surface area contributed by atoms with Crippen LogP contribution in [0, 0.1) is 23.5 Å². The molecule has 2 aromatic carbocycles.